The Kier molecular flexibility index (Phi) is 6.22. The van der Waals surface area contributed by atoms with E-state index in [1.807, 2.05) is 4.90 Å². The summed E-state index contributed by atoms with van der Waals surface area (Å²) in [7, 11) is -0.208. The van der Waals surface area contributed by atoms with Gasteiger partial charge in [-0.25, -0.2) is 17.5 Å². The summed E-state index contributed by atoms with van der Waals surface area (Å²) in [5.74, 6) is -0.371. The summed E-state index contributed by atoms with van der Waals surface area (Å²) >= 11 is 11.7. The summed E-state index contributed by atoms with van der Waals surface area (Å²) in [4.78, 5) is 1.79. The van der Waals surface area contributed by atoms with Crippen LogP contribution in [-0.2, 0) is 10.0 Å². The van der Waals surface area contributed by atoms with Crippen LogP contribution in [-0.4, -0.2) is 34.0 Å². The highest BCUT2D eigenvalue weighted by molar-refractivity contribution is 7.89. The Hall–Kier alpha value is -1.18. The number of rotatable bonds is 6. The lowest BCUT2D eigenvalue weighted by molar-refractivity contribution is 0.299. The third-order valence-corrected chi connectivity index (χ3v) is 5.31. The predicted octanol–water partition coefficient (Wildman–Crippen LogP) is 3.71. The molecule has 0 aliphatic rings. The van der Waals surface area contributed by atoms with Gasteiger partial charge in [-0.2, -0.15) is 0 Å². The Morgan fingerprint density at radius 2 is 1.75 bits per heavy atom. The third kappa shape index (κ3) is 4.91. The van der Waals surface area contributed by atoms with Crippen LogP contribution in [0.3, 0.4) is 0 Å². The number of nitrogens with one attached hydrogen (secondary N) is 1. The molecule has 0 amide bonds. The molecule has 2 aromatic rings. The van der Waals surface area contributed by atoms with E-state index in [2.05, 4.69) is 4.72 Å². The molecule has 0 spiro atoms. The second-order valence-corrected chi connectivity index (χ2v) is 8.13. The largest absolute Gasteiger partial charge is 0.301 e. The molecule has 0 fully saturated rings. The molecule has 0 aliphatic carbocycles. The molecule has 0 bridgehead atoms. The minimum atomic E-state index is -3.79. The zero-order chi connectivity index (χ0) is 17.9. The summed E-state index contributed by atoms with van der Waals surface area (Å²) in [6.07, 6.45) is 0. The van der Waals surface area contributed by atoms with Gasteiger partial charge in [0.15, 0.2) is 0 Å². The first-order valence-electron chi connectivity index (χ1n) is 7.07. The number of sulfonamides is 1. The molecule has 130 valence electrons. The van der Waals surface area contributed by atoms with E-state index in [1.54, 1.807) is 26.2 Å². The lowest BCUT2D eigenvalue weighted by Crippen LogP contribution is -2.34. The highest BCUT2D eigenvalue weighted by Crippen LogP contribution is 2.23. The summed E-state index contributed by atoms with van der Waals surface area (Å²) in [6, 6.07) is 9.84. The molecule has 8 heteroatoms. The zero-order valence-corrected chi connectivity index (χ0v) is 15.5. The van der Waals surface area contributed by atoms with E-state index in [1.165, 1.54) is 30.3 Å². The van der Waals surface area contributed by atoms with E-state index in [0.29, 0.717) is 5.56 Å². The van der Waals surface area contributed by atoms with Gasteiger partial charge in [0.2, 0.25) is 10.0 Å². The molecule has 2 aromatic carbocycles. The molecule has 0 radical (unpaired) electrons. The smallest absolute Gasteiger partial charge is 0.240 e. The quantitative estimate of drug-likeness (QED) is 0.817. The lowest BCUT2D eigenvalue weighted by atomic mass is 10.1. The minimum absolute atomic E-state index is 0.0169. The summed E-state index contributed by atoms with van der Waals surface area (Å²) in [6.45, 7) is 0.0723. The molecule has 0 saturated carbocycles. The first-order valence-corrected chi connectivity index (χ1v) is 9.30. The first-order chi connectivity index (χ1) is 11.2. The highest BCUT2D eigenvalue weighted by Gasteiger charge is 2.20. The van der Waals surface area contributed by atoms with Gasteiger partial charge in [-0.1, -0.05) is 35.3 Å². The zero-order valence-electron chi connectivity index (χ0n) is 13.1. The number of likely N-dealkylation sites (N-methyl/N-ethyl adjacent to an activating group) is 1. The van der Waals surface area contributed by atoms with Crippen molar-refractivity contribution in [3.63, 3.8) is 0 Å². The van der Waals surface area contributed by atoms with Gasteiger partial charge in [0, 0.05) is 22.6 Å². The van der Waals surface area contributed by atoms with Gasteiger partial charge in [0.1, 0.15) is 5.82 Å². The molecule has 1 N–H and O–H groups in total. The van der Waals surface area contributed by atoms with Gasteiger partial charge in [0.25, 0.3) is 0 Å². The average Bonchev–Trinajstić information content (AvgIpc) is 2.46. The average molecular weight is 391 g/mol. The van der Waals surface area contributed by atoms with Gasteiger partial charge in [0.05, 0.1) is 4.90 Å². The predicted molar refractivity (Wildman–Crippen MR) is 94.5 cm³/mol. The molecular formula is C16H17Cl2FN2O2S. The molecular weight excluding hydrogens is 374 g/mol. The van der Waals surface area contributed by atoms with E-state index in [-0.39, 0.29) is 33.3 Å². The topological polar surface area (TPSA) is 49.4 Å². The minimum Gasteiger partial charge on any atom is -0.301 e. The van der Waals surface area contributed by atoms with Crippen molar-refractivity contribution in [1.29, 1.82) is 0 Å². The van der Waals surface area contributed by atoms with Crippen LogP contribution in [0.15, 0.2) is 47.4 Å². The van der Waals surface area contributed by atoms with Crippen molar-refractivity contribution in [2.75, 3.05) is 20.6 Å². The van der Waals surface area contributed by atoms with Gasteiger partial charge in [-0.05, 0) is 50.0 Å². The van der Waals surface area contributed by atoms with E-state index < -0.39 is 10.0 Å². The fraction of sp³-hybridized carbons (Fsp3) is 0.250. The first kappa shape index (κ1) is 19.1. The van der Waals surface area contributed by atoms with E-state index in [4.69, 9.17) is 23.2 Å². The van der Waals surface area contributed by atoms with Gasteiger partial charge >= 0.3 is 0 Å². The van der Waals surface area contributed by atoms with Crippen LogP contribution in [0.2, 0.25) is 10.0 Å². The second kappa shape index (κ2) is 7.80. The van der Waals surface area contributed by atoms with Crippen molar-refractivity contribution in [3.05, 3.63) is 63.9 Å². The van der Waals surface area contributed by atoms with Crippen LogP contribution in [0.4, 0.5) is 4.39 Å². The van der Waals surface area contributed by atoms with Gasteiger partial charge < -0.3 is 4.90 Å². The molecule has 0 aromatic heterocycles. The van der Waals surface area contributed by atoms with Gasteiger partial charge in [-0.15, -0.1) is 0 Å². The number of halogens is 3. The summed E-state index contributed by atoms with van der Waals surface area (Å²) in [5.41, 5.74) is 0.673. The Labute approximate surface area is 151 Å². The van der Waals surface area contributed by atoms with Crippen LogP contribution in [0.25, 0.3) is 0 Å². The number of hydrogen-bond acceptors (Lipinski definition) is 3. The van der Waals surface area contributed by atoms with Crippen LogP contribution < -0.4 is 4.72 Å². The van der Waals surface area contributed by atoms with Crippen molar-refractivity contribution in [1.82, 2.24) is 9.62 Å². The van der Waals surface area contributed by atoms with Gasteiger partial charge in [-0.3, -0.25) is 0 Å². The van der Waals surface area contributed by atoms with Crippen LogP contribution >= 0.6 is 23.2 Å². The van der Waals surface area contributed by atoms with Crippen molar-refractivity contribution >= 4 is 33.2 Å². The number of benzene rings is 2. The summed E-state index contributed by atoms with van der Waals surface area (Å²) < 4.78 is 40.8. The lowest BCUT2D eigenvalue weighted by Gasteiger charge is -2.25. The van der Waals surface area contributed by atoms with Crippen molar-refractivity contribution in [3.8, 4) is 0 Å². The van der Waals surface area contributed by atoms with Crippen LogP contribution in [0, 0.1) is 5.82 Å². The normalized spacial score (nSPS) is 13.2. The maximum absolute atomic E-state index is 13.4. The molecule has 4 nitrogen and oxygen atoms in total. The Bertz CT molecular complexity index is 808. The van der Waals surface area contributed by atoms with E-state index >= 15 is 0 Å². The number of hydrogen-bond donors (Lipinski definition) is 1. The molecule has 2 rings (SSSR count). The SMILES string of the molecule is CN(C)C(CNS(=O)(=O)c1cc(Cl)cc(Cl)c1)c1cccc(F)c1. The maximum Gasteiger partial charge on any atom is 0.240 e. The van der Waals surface area contributed by atoms with E-state index in [0.717, 1.165) is 0 Å². The van der Waals surface area contributed by atoms with Crippen molar-refractivity contribution < 1.29 is 12.8 Å². The fourth-order valence-electron chi connectivity index (χ4n) is 2.27. The molecule has 0 aliphatic heterocycles. The van der Waals surface area contributed by atoms with Crippen molar-refractivity contribution in [2.24, 2.45) is 0 Å². The standard InChI is InChI=1S/C16H17Cl2FN2O2S/c1-21(2)16(11-4-3-5-14(19)6-11)10-20-24(22,23)15-8-12(17)7-13(18)9-15/h3-9,16,20H,10H2,1-2H3. The van der Waals surface area contributed by atoms with Crippen molar-refractivity contribution in [2.45, 2.75) is 10.9 Å². The highest BCUT2D eigenvalue weighted by atomic mass is 35.5. The molecule has 1 atom stereocenters. The Balaban J connectivity index is 2.22. The monoisotopic (exact) mass is 390 g/mol. The Morgan fingerprint density at radius 3 is 2.29 bits per heavy atom. The molecule has 0 saturated heterocycles. The third-order valence-electron chi connectivity index (χ3n) is 3.47. The summed E-state index contributed by atoms with van der Waals surface area (Å²) in [5, 5.41) is 0.467. The molecule has 24 heavy (non-hydrogen) atoms. The fourth-order valence-corrected chi connectivity index (χ4v) is 4.03. The maximum atomic E-state index is 13.4. The van der Waals surface area contributed by atoms with E-state index in [9.17, 15) is 12.8 Å². The second-order valence-electron chi connectivity index (χ2n) is 5.49. The van der Waals surface area contributed by atoms with Crippen LogP contribution in [0.1, 0.15) is 11.6 Å². The van der Waals surface area contributed by atoms with Crippen LogP contribution in [0.5, 0.6) is 0 Å². The molecule has 1 unspecified atom stereocenters. The molecule has 0 heterocycles. The number of nitrogens with zero attached hydrogens (tertiary/aromatic N) is 1. The Morgan fingerprint density at radius 1 is 1.12 bits per heavy atom.